The third-order valence-electron chi connectivity index (χ3n) is 3.32. The Labute approximate surface area is 114 Å². The fraction of sp³-hybridized carbons (Fsp3) is 0.714. The second-order valence-electron chi connectivity index (χ2n) is 6.09. The molecule has 1 saturated heterocycles. The zero-order valence-electron chi connectivity index (χ0n) is 12.2. The van der Waals surface area contributed by atoms with Crippen LogP contribution in [0.5, 0.6) is 0 Å². The molecule has 1 aliphatic rings. The van der Waals surface area contributed by atoms with Gasteiger partial charge in [-0.25, -0.2) is 4.98 Å². The Balaban J connectivity index is 2.06. The lowest BCUT2D eigenvalue weighted by molar-refractivity contribution is -0.131. The van der Waals surface area contributed by atoms with Crippen LogP contribution in [0.1, 0.15) is 38.1 Å². The van der Waals surface area contributed by atoms with Crippen molar-refractivity contribution in [2.45, 2.75) is 39.5 Å². The van der Waals surface area contributed by atoms with Crippen LogP contribution in [-0.4, -0.2) is 42.0 Å². The number of aromatic nitrogens is 1. The molecule has 19 heavy (non-hydrogen) atoms. The van der Waals surface area contributed by atoms with Gasteiger partial charge in [0.1, 0.15) is 5.76 Å². The van der Waals surface area contributed by atoms with Crippen molar-refractivity contribution >= 4 is 5.91 Å². The number of amides is 1. The lowest BCUT2D eigenvalue weighted by Gasteiger charge is -2.27. The average Bonchev–Trinajstić information content (AvgIpc) is 2.72. The van der Waals surface area contributed by atoms with E-state index in [9.17, 15) is 4.79 Å². The van der Waals surface area contributed by atoms with Gasteiger partial charge in [-0.3, -0.25) is 4.79 Å². The third kappa shape index (κ3) is 3.35. The van der Waals surface area contributed by atoms with Crippen LogP contribution >= 0.6 is 0 Å². The summed E-state index contributed by atoms with van der Waals surface area (Å²) in [6.07, 6.45) is 0.314. The maximum absolute atomic E-state index is 12.2. The van der Waals surface area contributed by atoms with E-state index >= 15 is 0 Å². The monoisotopic (exact) mass is 265 g/mol. The minimum atomic E-state index is -0.124. The molecule has 2 heterocycles. The minimum absolute atomic E-state index is 0.124. The van der Waals surface area contributed by atoms with Gasteiger partial charge in [0.15, 0.2) is 5.89 Å². The highest BCUT2D eigenvalue weighted by Crippen LogP contribution is 2.24. The van der Waals surface area contributed by atoms with Crippen molar-refractivity contribution in [2.75, 3.05) is 26.2 Å². The summed E-state index contributed by atoms with van der Waals surface area (Å²) < 4.78 is 5.77. The second-order valence-corrected chi connectivity index (χ2v) is 6.09. The molecule has 0 aromatic carbocycles. The van der Waals surface area contributed by atoms with Gasteiger partial charge >= 0.3 is 0 Å². The summed E-state index contributed by atoms with van der Waals surface area (Å²) in [7, 11) is 0. The molecular formula is C14H23N3O2. The minimum Gasteiger partial charge on any atom is -0.444 e. The molecule has 2 rings (SSSR count). The van der Waals surface area contributed by atoms with Gasteiger partial charge in [-0.1, -0.05) is 20.8 Å². The third-order valence-corrected chi connectivity index (χ3v) is 3.32. The number of carbonyl (C=O) groups is 1. The highest BCUT2D eigenvalue weighted by Gasteiger charge is 2.24. The van der Waals surface area contributed by atoms with E-state index in [0.717, 1.165) is 31.9 Å². The Hall–Kier alpha value is -1.36. The number of hydrogen-bond donors (Lipinski definition) is 1. The highest BCUT2D eigenvalue weighted by molar-refractivity contribution is 5.78. The van der Waals surface area contributed by atoms with Crippen LogP contribution in [0.15, 0.2) is 4.42 Å². The summed E-state index contributed by atoms with van der Waals surface area (Å²) in [5.74, 6) is 1.53. The predicted octanol–water partition coefficient (Wildman–Crippen LogP) is 1.25. The van der Waals surface area contributed by atoms with Gasteiger partial charge < -0.3 is 14.6 Å². The Bertz CT molecular complexity index is 454. The van der Waals surface area contributed by atoms with Crippen molar-refractivity contribution in [3.05, 3.63) is 17.3 Å². The quantitative estimate of drug-likeness (QED) is 0.874. The molecule has 0 atom stereocenters. The maximum Gasteiger partial charge on any atom is 0.230 e. The summed E-state index contributed by atoms with van der Waals surface area (Å²) in [5, 5.41) is 3.24. The Kier molecular flexibility index (Phi) is 3.94. The highest BCUT2D eigenvalue weighted by atomic mass is 16.4. The van der Waals surface area contributed by atoms with E-state index in [4.69, 9.17) is 4.42 Å². The Morgan fingerprint density at radius 1 is 1.37 bits per heavy atom. The van der Waals surface area contributed by atoms with E-state index in [1.54, 1.807) is 0 Å². The van der Waals surface area contributed by atoms with Gasteiger partial charge in [0.05, 0.1) is 12.1 Å². The summed E-state index contributed by atoms with van der Waals surface area (Å²) in [5.41, 5.74) is 0.703. The molecule has 5 heteroatoms. The van der Waals surface area contributed by atoms with Gasteiger partial charge in [0, 0.05) is 31.6 Å². The maximum atomic E-state index is 12.2. The largest absolute Gasteiger partial charge is 0.444 e. The number of hydrogen-bond acceptors (Lipinski definition) is 4. The lowest BCUT2D eigenvalue weighted by Crippen LogP contribution is -2.46. The van der Waals surface area contributed by atoms with Crippen LogP contribution in [-0.2, 0) is 16.6 Å². The van der Waals surface area contributed by atoms with Crippen molar-refractivity contribution < 1.29 is 9.21 Å². The molecule has 0 unspecified atom stereocenters. The van der Waals surface area contributed by atoms with Gasteiger partial charge in [-0.2, -0.15) is 0 Å². The molecule has 0 radical (unpaired) electrons. The average molecular weight is 265 g/mol. The second kappa shape index (κ2) is 5.33. The van der Waals surface area contributed by atoms with Crippen LogP contribution in [0, 0.1) is 6.92 Å². The fourth-order valence-electron chi connectivity index (χ4n) is 2.08. The number of aryl methyl sites for hydroxylation is 1. The summed E-state index contributed by atoms with van der Waals surface area (Å²) in [6, 6.07) is 0. The zero-order chi connectivity index (χ0) is 14.0. The number of rotatable bonds is 2. The predicted molar refractivity (Wildman–Crippen MR) is 73.1 cm³/mol. The smallest absolute Gasteiger partial charge is 0.230 e. The van der Waals surface area contributed by atoms with Gasteiger partial charge in [-0.05, 0) is 6.92 Å². The number of carbonyl (C=O) groups excluding carboxylic acids is 1. The zero-order valence-corrected chi connectivity index (χ0v) is 12.2. The number of piperazine rings is 1. The van der Waals surface area contributed by atoms with Crippen LogP contribution < -0.4 is 5.32 Å². The van der Waals surface area contributed by atoms with E-state index < -0.39 is 0 Å². The van der Waals surface area contributed by atoms with Crippen LogP contribution in [0.3, 0.4) is 0 Å². The van der Waals surface area contributed by atoms with Crippen LogP contribution in [0.25, 0.3) is 0 Å². The summed E-state index contributed by atoms with van der Waals surface area (Å²) in [6.45, 7) is 11.4. The molecule has 0 saturated carbocycles. The van der Waals surface area contributed by atoms with Crippen molar-refractivity contribution in [3.8, 4) is 0 Å². The molecule has 5 nitrogen and oxygen atoms in total. The van der Waals surface area contributed by atoms with Crippen molar-refractivity contribution in [1.29, 1.82) is 0 Å². The van der Waals surface area contributed by atoms with Crippen LogP contribution in [0.2, 0.25) is 0 Å². The van der Waals surface area contributed by atoms with Crippen LogP contribution in [0.4, 0.5) is 0 Å². The molecule has 0 aliphatic carbocycles. The molecule has 1 N–H and O–H groups in total. The molecule has 1 amide bonds. The van der Waals surface area contributed by atoms with E-state index in [1.165, 1.54) is 0 Å². The number of nitrogens with one attached hydrogen (secondary N) is 1. The Morgan fingerprint density at radius 3 is 2.53 bits per heavy atom. The van der Waals surface area contributed by atoms with E-state index in [-0.39, 0.29) is 11.3 Å². The summed E-state index contributed by atoms with van der Waals surface area (Å²) >= 11 is 0. The first-order valence-electron chi connectivity index (χ1n) is 6.83. The molecule has 1 aliphatic heterocycles. The molecule has 0 bridgehead atoms. The standard InChI is InChI=1S/C14H23N3O2/c1-10-11(19-13(16-10)14(2,3)4)9-12(18)17-7-5-15-6-8-17/h15H,5-9H2,1-4H3. The fourth-order valence-corrected chi connectivity index (χ4v) is 2.08. The first-order valence-corrected chi connectivity index (χ1v) is 6.83. The number of oxazole rings is 1. The first-order chi connectivity index (χ1) is 8.88. The van der Waals surface area contributed by atoms with Crippen molar-refractivity contribution in [2.24, 2.45) is 0 Å². The number of nitrogens with zero attached hydrogens (tertiary/aromatic N) is 2. The molecular weight excluding hydrogens is 242 g/mol. The molecule has 1 aromatic heterocycles. The van der Waals surface area contributed by atoms with Crippen molar-refractivity contribution in [3.63, 3.8) is 0 Å². The van der Waals surface area contributed by atoms with Gasteiger partial charge in [0.2, 0.25) is 5.91 Å². The topological polar surface area (TPSA) is 58.4 Å². The van der Waals surface area contributed by atoms with Gasteiger partial charge in [0.25, 0.3) is 0 Å². The van der Waals surface area contributed by atoms with E-state index in [2.05, 4.69) is 31.1 Å². The van der Waals surface area contributed by atoms with E-state index in [0.29, 0.717) is 18.1 Å². The SMILES string of the molecule is Cc1nc(C(C)(C)C)oc1CC(=O)N1CCNCC1. The van der Waals surface area contributed by atoms with Crippen molar-refractivity contribution in [1.82, 2.24) is 15.2 Å². The lowest BCUT2D eigenvalue weighted by atomic mass is 9.97. The molecule has 0 spiro atoms. The Morgan fingerprint density at radius 2 is 2.00 bits per heavy atom. The molecule has 106 valence electrons. The molecule has 1 aromatic rings. The first kappa shape index (κ1) is 14.1. The normalized spacial score (nSPS) is 16.7. The molecule has 1 fully saturated rings. The van der Waals surface area contributed by atoms with E-state index in [1.807, 2.05) is 11.8 Å². The summed E-state index contributed by atoms with van der Waals surface area (Å²) in [4.78, 5) is 18.5. The van der Waals surface area contributed by atoms with Gasteiger partial charge in [-0.15, -0.1) is 0 Å².